The Bertz CT molecular complexity index is 448. The Morgan fingerprint density at radius 2 is 2.33 bits per heavy atom. The summed E-state index contributed by atoms with van der Waals surface area (Å²) in [6, 6.07) is 5.22. The molecule has 2 rings (SSSR count). The number of anilines is 1. The quantitative estimate of drug-likeness (QED) is 0.799. The van der Waals surface area contributed by atoms with Crippen LogP contribution < -0.4 is 10.5 Å². The molecule has 1 heterocycles. The van der Waals surface area contributed by atoms with Gasteiger partial charge in [0.15, 0.2) is 0 Å². The van der Waals surface area contributed by atoms with Crippen LogP contribution in [0.4, 0.5) is 5.69 Å². The van der Waals surface area contributed by atoms with Crippen LogP contribution in [0.3, 0.4) is 0 Å². The zero-order chi connectivity index (χ0) is 13.1. The van der Waals surface area contributed by atoms with Gasteiger partial charge < -0.3 is 20.1 Å². The van der Waals surface area contributed by atoms with Crippen LogP contribution >= 0.6 is 0 Å². The molecule has 5 heteroatoms. The molecule has 0 spiro atoms. The van der Waals surface area contributed by atoms with Crippen LogP contribution in [0.15, 0.2) is 18.2 Å². The van der Waals surface area contributed by atoms with E-state index in [1.54, 1.807) is 23.1 Å². The van der Waals surface area contributed by atoms with Gasteiger partial charge in [0.25, 0.3) is 5.91 Å². The van der Waals surface area contributed by atoms with Crippen LogP contribution in [0.1, 0.15) is 17.3 Å². The van der Waals surface area contributed by atoms with Gasteiger partial charge >= 0.3 is 0 Å². The highest BCUT2D eigenvalue weighted by Crippen LogP contribution is 2.26. The van der Waals surface area contributed by atoms with E-state index < -0.39 is 0 Å². The summed E-state index contributed by atoms with van der Waals surface area (Å²) >= 11 is 0. The van der Waals surface area contributed by atoms with E-state index in [1.165, 1.54) is 7.11 Å². The number of nitrogens with two attached hydrogens (primary N) is 1. The molecular weight excluding hydrogens is 232 g/mol. The van der Waals surface area contributed by atoms with E-state index in [0.717, 1.165) is 0 Å². The average molecular weight is 250 g/mol. The van der Waals surface area contributed by atoms with E-state index in [-0.39, 0.29) is 12.0 Å². The SMILES string of the molecule is COc1cccc(N)c1C(=O)N1CCOC(C)C1. The maximum absolute atomic E-state index is 12.5. The number of nitrogens with zero attached hydrogens (tertiary/aromatic N) is 1. The first-order valence-electron chi connectivity index (χ1n) is 5.97. The van der Waals surface area contributed by atoms with Crippen molar-refractivity contribution in [3.8, 4) is 5.75 Å². The predicted octanol–water partition coefficient (Wildman–Crippen LogP) is 1.14. The zero-order valence-corrected chi connectivity index (χ0v) is 10.7. The second kappa shape index (κ2) is 5.27. The molecule has 1 amide bonds. The molecule has 0 aliphatic carbocycles. The Hall–Kier alpha value is -1.75. The van der Waals surface area contributed by atoms with Crippen molar-refractivity contribution in [3.05, 3.63) is 23.8 Å². The third-order valence-corrected chi connectivity index (χ3v) is 3.02. The lowest BCUT2D eigenvalue weighted by molar-refractivity contribution is -0.0124. The molecule has 0 bridgehead atoms. The largest absolute Gasteiger partial charge is 0.496 e. The third-order valence-electron chi connectivity index (χ3n) is 3.02. The Kier molecular flexibility index (Phi) is 3.72. The van der Waals surface area contributed by atoms with Crippen molar-refractivity contribution in [3.63, 3.8) is 0 Å². The van der Waals surface area contributed by atoms with Crippen LogP contribution in [0, 0.1) is 0 Å². The number of morpholine rings is 1. The van der Waals surface area contributed by atoms with Crippen molar-refractivity contribution in [2.75, 3.05) is 32.5 Å². The fourth-order valence-corrected chi connectivity index (χ4v) is 2.11. The van der Waals surface area contributed by atoms with Crippen molar-refractivity contribution in [2.24, 2.45) is 0 Å². The summed E-state index contributed by atoms with van der Waals surface area (Å²) in [4.78, 5) is 14.2. The third kappa shape index (κ3) is 2.41. The Labute approximate surface area is 106 Å². The summed E-state index contributed by atoms with van der Waals surface area (Å²) < 4.78 is 10.6. The van der Waals surface area contributed by atoms with Gasteiger partial charge in [0.2, 0.25) is 0 Å². The topological polar surface area (TPSA) is 64.8 Å². The standard InChI is InChI=1S/C13H18N2O3/c1-9-8-15(6-7-18-9)13(16)12-10(14)4-3-5-11(12)17-2/h3-5,9H,6-8,14H2,1-2H3. The maximum Gasteiger partial charge on any atom is 0.259 e. The van der Waals surface area contributed by atoms with Crippen LogP contribution in [0.25, 0.3) is 0 Å². The molecule has 1 aromatic carbocycles. The van der Waals surface area contributed by atoms with E-state index in [4.69, 9.17) is 15.2 Å². The smallest absolute Gasteiger partial charge is 0.259 e. The molecule has 1 aliphatic heterocycles. The summed E-state index contributed by atoms with van der Waals surface area (Å²) in [5, 5.41) is 0. The monoisotopic (exact) mass is 250 g/mol. The van der Waals surface area contributed by atoms with E-state index in [0.29, 0.717) is 36.7 Å². The number of ether oxygens (including phenoxy) is 2. The van der Waals surface area contributed by atoms with Crippen molar-refractivity contribution in [1.29, 1.82) is 0 Å². The average Bonchev–Trinajstić information content (AvgIpc) is 2.37. The molecule has 0 saturated carbocycles. The number of hydrogen-bond donors (Lipinski definition) is 1. The Balaban J connectivity index is 2.28. The normalized spacial score (nSPS) is 19.7. The van der Waals surface area contributed by atoms with Crippen LogP contribution in [0.5, 0.6) is 5.75 Å². The van der Waals surface area contributed by atoms with Gasteiger partial charge in [0, 0.05) is 18.8 Å². The molecule has 1 saturated heterocycles. The fourth-order valence-electron chi connectivity index (χ4n) is 2.11. The van der Waals surface area contributed by atoms with Gasteiger partial charge in [-0.1, -0.05) is 6.07 Å². The minimum Gasteiger partial charge on any atom is -0.496 e. The first-order valence-corrected chi connectivity index (χ1v) is 5.97. The van der Waals surface area contributed by atoms with Gasteiger partial charge in [0.05, 0.1) is 19.8 Å². The van der Waals surface area contributed by atoms with Gasteiger partial charge in [-0.3, -0.25) is 4.79 Å². The highest BCUT2D eigenvalue weighted by Gasteiger charge is 2.26. The lowest BCUT2D eigenvalue weighted by Gasteiger charge is -2.31. The lowest BCUT2D eigenvalue weighted by atomic mass is 10.1. The molecule has 98 valence electrons. The molecule has 1 aliphatic rings. The lowest BCUT2D eigenvalue weighted by Crippen LogP contribution is -2.44. The summed E-state index contributed by atoms with van der Waals surface area (Å²) in [5.41, 5.74) is 6.76. The van der Waals surface area contributed by atoms with Gasteiger partial charge in [-0.2, -0.15) is 0 Å². The van der Waals surface area contributed by atoms with E-state index >= 15 is 0 Å². The van der Waals surface area contributed by atoms with Crippen molar-refractivity contribution >= 4 is 11.6 Å². The number of carbonyl (C=O) groups excluding carboxylic acids is 1. The van der Waals surface area contributed by atoms with Crippen LogP contribution in [-0.2, 0) is 4.74 Å². The molecule has 1 atom stereocenters. The molecule has 1 fully saturated rings. The highest BCUT2D eigenvalue weighted by molar-refractivity contribution is 6.01. The molecule has 1 aromatic rings. The Morgan fingerprint density at radius 3 is 3.00 bits per heavy atom. The molecule has 0 aromatic heterocycles. The molecule has 0 radical (unpaired) electrons. The van der Waals surface area contributed by atoms with Crippen LogP contribution in [-0.4, -0.2) is 43.7 Å². The summed E-state index contributed by atoms with van der Waals surface area (Å²) in [7, 11) is 1.54. The number of rotatable bonds is 2. The predicted molar refractivity (Wildman–Crippen MR) is 68.7 cm³/mol. The first-order chi connectivity index (χ1) is 8.63. The van der Waals surface area contributed by atoms with Crippen molar-refractivity contribution in [2.45, 2.75) is 13.0 Å². The minimum atomic E-state index is -0.0971. The number of hydrogen-bond acceptors (Lipinski definition) is 4. The first kappa shape index (κ1) is 12.7. The Morgan fingerprint density at radius 1 is 1.56 bits per heavy atom. The molecule has 1 unspecified atom stereocenters. The second-order valence-corrected chi connectivity index (χ2v) is 4.36. The van der Waals surface area contributed by atoms with Gasteiger partial charge in [-0.15, -0.1) is 0 Å². The highest BCUT2D eigenvalue weighted by atomic mass is 16.5. The van der Waals surface area contributed by atoms with E-state index in [9.17, 15) is 4.79 Å². The second-order valence-electron chi connectivity index (χ2n) is 4.36. The fraction of sp³-hybridized carbons (Fsp3) is 0.462. The van der Waals surface area contributed by atoms with Crippen molar-refractivity contribution in [1.82, 2.24) is 4.90 Å². The maximum atomic E-state index is 12.5. The van der Waals surface area contributed by atoms with Gasteiger partial charge in [-0.25, -0.2) is 0 Å². The van der Waals surface area contributed by atoms with Crippen molar-refractivity contribution < 1.29 is 14.3 Å². The molecular formula is C13H18N2O3. The number of benzene rings is 1. The molecule has 5 nitrogen and oxygen atoms in total. The number of methoxy groups -OCH3 is 1. The summed E-state index contributed by atoms with van der Waals surface area (Å²) in [6.07, 6.45) is 0.0543. The number of carbonyl (C=O) groups is 1. The number of amides is 1. The van der Waals surface area contributed by atoms with Gasteiger partial charge in [-0.05, 0) is 19.1 Å². The summed E-state index contributed by atoms with van der Waals surface area (Å²) in [6.45, 7) is 3.67. The minimum absolute atomic E-state index is 0.0543. The van der Waals surface area contributed by atoms with E-state index in [2.05, 4.69) is 0 Å². The summed E-state index contributed by atoms with van der Waals surface area (Å²) in [5.74, 6) is 0.416. The zero-order valence-electron chi connectivity index (χ0n) is 10.7. The van der Waals surface area contributed by atoms with Crippen LogP contribution in [0.2, 0.25) is 0 Å². The van der Waals surface area contributed by atoms with E-state index in [1.807, 2.05) is 6.92 Å². The van der Waals surface area contributed by atoms with Gasteiger partial charge in [0.1, 0.15) is 11.3 Å². The number of nitrogen functional groups attached to an aromatic ring is 1. The molecule has 18 heavy (non-hydrogen) atoms. The molecule has 2 N–H and O–H groups in total.